The molecule has 144 valence electrons. The molecule has 3 rings (SSSR count). The number of anilines is 1. The van der Waals surface area contributed by atoms with Gasteiger partial charge in [-0.3, -0.25) is 15.1 Å². The molecular formula is C21H22N4O2S. The number of amides is 1. The van der Waals surface area contributed by atoms with E-state index in [1.807, 2.05) is 48.5 Å². The van der Waals surface area contributed by atoms with Crippen molar-refractivity contribution in [1.82, 2.24) is 15.3 Å². The van der Waals surface area contributed by atoms with Gasteiger partial charge in [0.05, 0.1) is 23.8 Å². The van der Waals surface area contributed by atoms with Crippen LogP contribution in [0.2, 0.25) is 0 Å². The van der Waals surface area contributed by atoms with Gasteiger partial charge in [-0.05, 0) is 55.0 Å². The second-order valence-corrected chi connectivity index (χ2v) is 6.64. The lowest BCUT2D eigenvalue weighted by Gasteiger charge is -2.10. The third-order valence-electron chi connectivity index (χ3n) is 4.04. The number of rotatable bonds is 7. The van der Waals surface area contributed by atoms with Crippen molar-refractivity contribution in [3.05, 3.63) is 60.4 Å². The van der Waals surface area contributed by atoms with Crippen LogP contribution >= 0.6 is 12.2 Å². The van der Waals surface area contributed by atoms with Crippen LogP contribution < -0.4 is 15.4 Å². The lowest BCUT2D eigenvalue weighted by Crippen LogP contribution is -2.34. The van der Waals surface area contributed by atoms with Gasteiger partial charge < -0.3 is 10.1 Å². The van der Waals surface area contributed by atoms with Crippen LogP contribution in [0.15, 0.2) is 54.7 Å². The van der Waals surface area contributed by atoms with Crippen molar-refractivity contribution in [3.63, 3.8) is 0 Å². The summed E-state index contributed by atoms with van der Waals surface area (Å²) < 4.78 is 5.68. The molecule has 0 bridgehead atoms. The number of carbonyl (C=O) groups excluding carboxylic acids is 1. The summed E-state index contributed by atoms with van der Waals surface area (Å²) in [5.74, 6) is 0.398. The highest BCUT2D eigenvalue weighted by Crippen LogP contribution is 2.16. The third kappa shape index (κ3) is 5.47. The number of unbranched alkanes of at least 4 members (excludes halogenated alkanes) is 2. The molecule has 0 aliphatic carbocycles. The van der Waals surface area contributed by atoms with Crippen LogP contribution in [-0.4, -0.2) is 27.6 Å². The quantitative estimate of drug-likeness (QED) is 0.459. The normalized spacial score (nSPS) is 10.5. The number of nitrogens with one attached hydrogen (secondary N) is 2. The molecule has 0 unspecified atom stereocenters. The topological polar surface area (TPSA) is 76.1 Å². The number of hydrogen-bond donors (Lipinski definition) is 2. The van der Waals surface area contributed by atoms with Crippen molar-refractivity contribution >= 4 is 40.0 Å². The molecule has 1 aromatic heterocycles. The van der Waals surface area contributed by atoms with Crippen molar-refractivity contribution < 1.29 is 9.53 Å². The van der Waals surface area contributed by atoms with E-state index in [1.165, 1.54) is 12.6 Å². The molecular weight excluding hydrogens is 372 g/mol. The zero-order valence-electron chi connectivity index (χ0n) is 15.6. The lowest BCUT2D eigenvalue weighted by atomic mass is 10.2. The Morgan fingerprint density at radius 2 is 1.82 bits per heavy atom. The van der Waals surface area contributed by atoms with Crippen molar-refractivity contribution in [2.45, 2.75) is 26.2 Å². The Balaban J connectivity index is 1.53. The van der Waals surface area contributed by atoms with E-state index in [0.717, 1.165) is 29.8 Å². The highest BCUT2D eigenvalue weighted by Gasteiger charge is 2.11. The molecule has 2 aromatic carbocycles. The van der Waals surface area contributed by atoms with Gasteiger partial charge in [-0.15, -0.1) is 0 Å². The Labute approximate surface area is 169 Å². The van der Waals surface area contributed by atoms with Crippen molar-refractivity contribution in [2.75, 3.05) is 11.9 Å². The minimum Gasteiger partial charge on any atom is -0.494 e. The Bertz CT molecular complexity index is 960. The molecule has 1 heterocycles. The number of carbonyl (C=O) groups is 1. The smallest absolute Gasteiger partial charge is 0.277 e. The number of para-hydroxylation sites is 2. The van der Waals surface area contributed by atoms with E-state index in [9.17, 15) is 4.79 Å². The number of nitrogens with zero attached hydrogens (tertiary/aromatic N) is 2. The Morgan fingerprint density at radius 1 is 1.07 bits per heavy atom. The van der Waals surface area contributed by atoms with Crippen LogP contribution in [0.25, 0.3) is 11.0 Å². The first-order valence-electron chi connectivity index (χ1n) is 9.22. The van der Waals surface area contributed by atoms with Gasteiger partial charge in [0.15, 0.2) is 5.11 Å². The molecule has 0 fully saturated rings. The van der Waals surface area contributed by atoms with Crippen LogP contribution in [0.1, 0.15) is 36.7 Å². The summed E-state index contributed by atoms with van der Waals surface area (Å²) in [6, 6.07) is 14.8. The molecule has 0 aliphatic rings. The summed E-state index contributed by atoms with van der Waals surface area (Å²) in [6.07, 6.45) is 4.81. The second kappa shape index (κ2) is 9.75. The maximum atomic E-state index is 12.4. The number of benzene rings is 2. The van der Waals surface area contributed by atoms with Crippen molar-refractivity contribution in [3.8, 4) is 5.75 Å². The molecule has 0 spiro atoms. The third-order valence-corrected chi connectivity index (χ3v) is 4.24. The zero-order valence-corrected chi connectivity index (χ0v) is 16.5. The minimum atomic E-state index is -0.411. The number of aromatic nitrogens is 2. The van der Waals surface area contributed by atoms with E-state index in [1.54, 1.807) is 0 Å². The van der Waals surface area contributed by atoms with Crippen LogP contribution in [0.4, 0.5) is 5.69 Å². The predicted octanol–water partition coefficient (Wildman–Crippen LogP) is 4.33. The Morgan fingerprint density at radius 3 is 2.57 bits per heavy atom. The van der Waals surface area contributed by atoms with E-state index < -0.39 is 5.91 Å². The fraction of sp³-hybridized carbons (Fsp3) is 0.238. The van der Waals surface area contributed by atoms with Gasteiger partial charge >= 0.3 is 0 Å². The molecule has 1 amide bonds. The molecule has 0 aliphatic heterocycles. The number of ether oxygens (including phenoxy) is 1. The molecule has 2 N–H and O–H groups in total. The zero-order chi connectivity index (χ0) is 19.8. The number of fused-ring (bicyclic) bond motifs is 1. The van der Waals surface area contributed by atoms with Gasteiger partial charge in [0.2, 0.25) is 0 Å². The van der Waals surface area contributed by atoms with Gasteiger partial charge in [0.1, 0.15) is 11.4 Å². The van der Waals surface area contributed by atoms with Gasteiger partial charge in [-0.25, -0.2) is 4.98 Å². The summed E-state index contributed by atoms with van der Waals surface area (Å²) >= 11 is 5.22. The van der Waals surface area contributed by atoms with E-state index in [4.69, 9.17) is 17.0 Å². The van der Waals surface area contributed by atoms with Gasteiger partial charge in [0.25, 0.3) is 5.91 Å². The van der Waals surface area contributed by atoms with Crippen molar-refractivity contribution in [1.29, 1.82) is 0 Å². The predicted molar refractivity (Wildman–Crippen MR) is 115 cm³/mol. The molecule has 28 heavy (non-hydrogen) atoms. The Hall–Kier alpha value is -3.06. The fourth-order valence-corrected chi connectivity index (χ4v) is 2.78. The molecule has 3 aromatic rings. The largest absolute Gasteiger partial charge is 0.494 e. The highest BCUT2D eigenvalue weighted by molar-refractivity contribution is 7.80. The average molecular weight is 395 g/mol. The van der Waals surface area contributed by atoms with Gasteiger partial charge in [0, 0.05) is 5.69 Å². The molecule has 7 heteroatoms. The van der Waals surface area contributed by atoms with E-state index in [-0.39, 0.29) is 10.8 Å². The standard InChI is InChI=1S/C21H22N4O2S/c1-2-3-6-13-27-16-11-9-15(10-12-16)23-21(28)25-20(26)19-14-22-17-7-4-5-8-18(17)24-19/h4-5,7-12,14H,2-3,6,13H2,1H3,(H2,23,25,26,28). The average Bonchev–Trinajstić information content (AvgIpc) is 2.72. The molecule has 0 atom stereocenters. The van der Waals surface area contributed by atoms with E-state index in [0.29, 0.717) is 12.1 Å². The fourth-order valence-electron chi connectivity index (χ4n) is 2.57. The van der Waals surface area contributed by atoms with E-state index in [2.05, 4.69) is 27.5 Å². The minimum absolute atomic E-state index is 0.191. The number of thiocarbonyl (C=S) groups is 1. The maximum absolute atomic E-state index is 12.4. The summed E-state index contributed by atoms with van der Waals surface area (Å²) in [7, 11) is 0. The van der Waals surface area contributed by atoms with Crippen LogP contribution in [0, 0.1) is 0 Å². The molecule has 0 saturated heterocycles. The highest BCUT2D eigenvalue weighted by atomic mass is 32.1. The molecule has 0 radical (unpaired) electrons. The van der Waals surface area contributed by atoms with Crippen LogP contribution in [-0.2, 0) is 0 Å². The van der Waals surface area contributed by atoms with Crippen LogP contribution in [0.5, 0.6) is 5.75 Å². The summed E-state index contributed by atoms with van der Waals surface area (Å²) in [4.78, 5) is 20.9. The first-order chi connectivity index (χ1) is 13.7. The van der Waals surface area contributed by atoms with Gasteiger partial charge in [-0.1, -0.05) is 31.9 Å². The number of hydrogen-bond acceptors (Lipinski definition) is 5. The maximum Gasteiger partial charge on any atom is 0.277 e. The first kappa shape index (κ1) is 19.7. The van der Waals surface area contributed by atoms with Crippen molar-refractivity contribution in [2.24, 2.45) is 0 Å². The SMILES string of the molecule is CCCCCOc1ccc(NC(=S)NC(=O)c2cnc3ccccc3n2)cc1. The van der Waals surface area contributed by atoms with Gasteiger partial charge in [-0.2, -0.15) is 0 Å². The van der Waals surface area contributed by atoms with E-state index >= 15 is 0 Å². The molecule has 0 saturated carbocycles. The van der Waals surface area contributed by atoms with Crippen LogP contribution in [0.3, 0.4) is 0 Å². The lowest BCUT2D eigenvalue weighted by molar-refractivity contribution is 0.0973. The summed E-state index contributed by atoms with van der Waals surface area (Å²) in [5, 5.41) is 5.79. The summed E-state index contributed by atoms with van der Waals surface area (Å²) in [6.45, 7) is 2.87. The second-order valence-electron chi connectivity index (χ2n) is 6.23. The molecule has 6 nitrogen and oxygen atoms in total. The first-order valence-corrected chi connectivity index (χ1v) is 9.63. The Kier molecular flexibility index (Phi) is 6.86. The monoisotopic (exact) mass is 394 g/mol. The summed E-state index contributed by atoms with van der Waals surface area (Å²) in [5.41, 5.74) is 2.36.